The molecular weight excluding hydrogens is 230 g/mol. The Balaban J connectivity index is 3.03. The van der Waals surface area contributed by atoms with Gasteiger partial charge in [0.1, 0.15) is 0 Å². The van der Waals surface area contributed by atoms with Crippen molar-refractivity contribution in [2.24, 2.45) is 7.05 Å². The molecule has 0 radical (unpaired) electrons. The van der Waals surface area contributed by atoms with Gasteiger partial charge in [-0.1, -0.05) is 29.8 Å². The van der Waals surface area contributed by atoms with E-state index in [0.717, 1.165) is 10.9 Å². The van der Waals surface area contributed by atoms with E-state index in [1.807, 2.05) is 30.5 Å². The summed E-state index contributed by atoms with van der Waals surface area (Å²) in [6, 6.07) is 7.64. The predicted molar refractivity (Wildman–Crippen MR) is 66.0 cm³/mol. The number of hydrogen-bond donors (Lipinski definition) is 0. The number of thioether (sulfide) groups is 1. The molecule has 0 aliphatic carbocycles. The van der Waals surface area contributed by atoms with Crippen LogP contribution in [-0.4, -0.2) is 10.8 Å². The molecule has 0 aliphatic heterocycles. The van der Waals surface area contributed by atoms with Gasteiger partial charge >= 0.3 is 0 Å². The number of hydrogen-bond acceptors (Lipinski definition) is 2. The summed E-state index contributed by atoms with van der Waals surface area (Å²) >= 11 is 7.57. The van der Waals surface area contributed by atoms with Gasteiger partial charge in [0.25, 0.3) is 5.56 Å². The smallest absolute Gasteiger partial charge is 0.265 e. The zero-order chi connectivity index (χ0) is 11.0. The molecule has 1 aromatic carbocycles. The van der Waals surface area contributed by atoms with Crippen LogP contribution in [0.5, 0.6) is 0 Å². The van der Waals surface area contributed by atoms with E-state index in [1.54, 1.807) is 11.6 Å². The number of halogens is 1. The average molecular weight is 240 g/mol. The second kappa shape index (κ2) is 3.91. The number of para-hydroxylation sites is 1. The number of aromatic nitrogens is 1. The number of benzene rings is 1. The summed E-state index contributed by atoms with van der Waals surface area (Å²) in [7, 11) is 1.76. The lowest BCUT2D eigenvalue weighted by Gasteiger charge is -2.09. The van der Waals surface area contributed by atoms with Crippen molar-refractivity contribution in [1.82, 2.24) is 4.57 Å². The lowest BCUT2D eigenvalue weighted by atomic mass is 10.2. The Labute approximate surface area is 96.9 Å². The second-order valence-corrected chi connectivity index (χ2v) is 4.42. The van der Waals surface area contributed by atoms with Crippen molar-refractivity contribution >= 4 is 34.3 Å². The number of pyridine rings is 1. The molecule has 0 N–H and O–H groups in total. The number of fused-ring (bicyclic) bond motifs is 1. The highest BCUT2D eigenvalue weighted by Gasteiger charge is 2.11. The van der Waals surface area contributed by atoms with Crippen LogP contribution >= 0.6 is 23.4 Å². The normalized spacial score (nSPS) is 10.9. The summed E-state index contributed by atoms with van der Waals surface area (Å²) in [6.07, 6.45) is 1.86. The minimum atomic E-state index is -0.0359. The fourth-order valence-corrected chi connectivity index (χ4v) is 2.68. The van der Waals surface area contributed by atoms with Crippen LogP contribution in [0, 0.1) is 0 Å². The molecule has 0 spiro atoms. The zero-order valence-corrected chi connectivity index (χ0v) is 10.0. The van der Waals surface area contributed by atoms with Gasteiger partial charge in [-0.2, -0.15) is 0 Å². The Kier molecular flexibility index (Phi) is 2.76. The maximum absolute atomic E-state index is 11.9. The maximum atomic E-state index is 11.9. The molecule has 2 aromatic rings. The van der Waals surface area contributed by atoms with Crippen molar-refractivity contribution in [2.45, 2.75) is 4.90 Å². The Hall–Kier alpha value is -0.930. The van der Waals surface area contributed by atoms with Gasteiger partial charge < -0.3 is 4.57 Å². The molecule has 2 nitrogen and oxygen atoms in total. The van der Waals surface area contributed by atoms with Crippen LogP contribution in [0.3, 0.4) is 0 Å². The first kappa shape index (κ1) is 10.6. The molecule has 1 heterocycles. The molecule has 0 saturated heterocycles. The van der Waals surface area contributed by atoms with Gasteiger partial charge in [-0.25, -0.2) is 0 Å². The minimum Gasteiger partial charge on any atom is -0.310 e. The highest BCUT2D eigenvalue weighted by Crippen LogP contribution is 2.29. The van der Waals surface area contributed by atoms with Crippen LogP contribution in [0.1, 0.15) is 0 Å². The van der Waals surface area contributed by atoms with Crippen LogP contribution in [-0.2, 0) is 7.05 Å². The molecule has 0 amide bonds. The third-order valence-corrected chi connectivity index (χ3v) is 3.70. The molecule has 0 fully saturated rings. The monoisotopic (exact) mass is 239 g/mol. The molecule has 1 aromatic heterocycles. The van der Waals surface area contributed by atoms with Gasteiger partial charge in [-0.3, -0.25) is 4.79 Å². The molecule has 0 unspecified atom stereocenters. The first-order valence-corrected chi connectivity index (χ1v) is 6.08. The Bertz CT molecular complexity index is 577. The SMILES string of the molecule is CSc1c(Cl)c2ccccc2n(C)c1=O. The molecular formula is C11H10ClNOS. The van der Waals surface area contributed by atoms with Crippen molar-refractivity contribution in [3.63, 3.8) is 0 Å². The van der Waals surface area contributed by atoms with E-state index in [9.17, 15) is 4.79 Å². The van der Waals surface area contributed by atoms with E-state index < -0.39 is 0 Å². The third kappa shape index (κ3) is 1.56. The fourth-order valence-electron chi connectivity index (χ4n) is 1.61. The van der Waals surface area contributed by atoms with E-state index in [1.165, 1.54) is 11.8 Å². The fraction of sp³-hybridized carbons (Fsp3) is 0.182. The van der Waals surface area contributed by atoms with Crippen molar-refractivity contribution in [1.29, 1.82) is 0 Å². The van der Waals surface area contributed by atoms with Crippen molar-refractivity contribution in [3.8, 4) is 0 Å². The van der Waals surface area contributed by atoms with Gasteiger partial charge in [0.05, 0.1) is 15.4 Å². The number of nitrogens with zero attached hydrogens (tertiary/aromatic N) is 1. The Morgan fingerprint density at radius 1 is 1.33 bits per heavy atom. The molecule has 2 rings (SSSR count). The summed E-state index contributed by atoms with van der Waals surface area (Å²) in [5.74, 6) is 0. The average Bonchev–Trinajstić information content (AvgIpc) is 2.27. The van der Waals surface area contributed by atoms with Gasteiger partial charge in [0, 0.05) is 12.4 Å². The standard InChI is InChI=1S/C11H10ClNOS/c1-13-8-6-4-3-5-7(8)9(12)10(15-2)11(13)14/h3-6H,1-2H3. The maximum Gasteiger partial charge on any atom is 0.265 e. The summed E-state index contributed by atoms with van der Waals surface area (Å²) in [5, 5.41) is 1.48. The second-order valence-electron chi connectivity index (χ2n) is 3.23. The number of aryl methyl sites for hydroxylation is 1. The minimum absolute atomic E-state index is 0.0359. The van der Waals surface area contributed by atoms with Crippen LogP contribution in [0.15, 0.2) is 34.0 Å². The molecule has 78 valence electrons. The topological polar surface area (TPSA) is 22.0 Å². The zero-order valence-electron chi connectivity index (χ0n) is 8.45. The largest absolute Gasteiger partial charge is 0.310 e. The van der Waals surface area contributed by atoms with Gasteiger partial charge in [-0.15, -0.1) is 11.8 Å². The van der Waals surface area contributed by atoms with E-state index in [4.69, 9.17) is 11.6 Å². The first-order valence-electron chi connectivity index (χ1n) is 4.48. The van der Waals surface area contributed by atoms with Crippen molar-refractivity contribution in [2.75, 3.05) is 6.26 Å². The molecule has 0 aliphatic rings. The summed E-state index contributed by atoms with van der Waals surface area (Å²) in [4.78, 5) is 12.5. The highest BCUT2D eigenvalue weighted by atomic mass is 35.5. The van der Waals surface area contributed by atoms with E-state index >= 15 is 0 Å². The molecule has 4 heteroatoms. The van der Waals surface area contributed by atoms with Crippen LogP contribution in [0.25, 0.3) is 10.9 Å². The van der Waals surface area contributed by atoms with Crippen LogP contribution in [0.4, 0.5) is 0 Å². The predicted octanol–water partition coefficient (Wildman–Crippen LogP) is 2.91. The molecule has 0 atom stereocenters. The summed E-state index contributed by atoms with van der Waals surface area (Å²) < 4.78 is 1.63. The lowest BCUT2D eigenvalue weighted by molar-refractivity contribution is 0.877. The van der Waals surface area contributed by atoms with E-state index in [2.05, 4.69) is 0 Å². The Morgan fingerprint density at radius 3 is 2.67 bits per heavy atom. The summed E-state index contributed by atoms with van der Waals surface area (Å²) in [6.45, 7) is 0. The third-order valence-electron chi connectivity index (χ3n) is 2.40. The number of rotatable bonds is 1. The molecule has 0 saturated carbocycles. The highest BCUT2D eigenvalue weighted by molar-refractivity contribution is 7.98. The first-order chi connectivity index (χ1) is 7.16. The van der Waals surface area contributed by atoms with Crippen molar-refractivity contribution < 1.29 is 0 Å². The quantitative estimate of drug-likeness (QED) is 0.714. The van der Waals surface area contributed by atoms with E-state index in [0.29, 0.717) is 9.92 Å². The molecule has 0 bridgehead atoms. The van der Waals surface area contributed by atoms with Gasteiger partial charge in [0.15, 0.2) is 0 Å². The van der Waals surface area contributed by atoms with Crippen molar-refractivity contribution in [3.05, 3.63) is 39.6 Å². The van der Waals surface area contributed by atoms with E-state index in [-0.39, 0.29) is 5.56 Å². The molecule has 15 heavy (non-hydrogen) atoms. The Morgan fingerprint density at radius 2 is 2.00 bits per heavy atom. The lowest BCUT2D eigenvalue weighted by Crippen LogP contribution is -2.19. The van der Waals surface area contributed by atoms with Gasteiger partial charge in [0.2, 0.25) is 0 Å². The van der Waals surface area contributed by atoms with Crippen LogP contribution < -0.4 is 5.56 Å². The summed E-state index contributed by atoms with van der Waals surface area (Å²) in [5.41, 5.74) is 0.830. The van der Waals surface area contributed by atoms with Gasteiger partial charge in [-0.05, 0) is 12.3 Å². The van der Waals surface area contributed by atoms with Crippen LogP contribution in [0.2, 0.25) is 5.02 Å².